The highest BCUT2D eigenvalue weighted by Gasteiger charge is 2.19. The molecular weight excluding hydrogens is 367 g/mol. The van der Waals surface area contributed by atoms with E-state index in [2.05, 4.69) is 16.0 Å². The lowest BCUT2D eigenvalue weighted by molar-refractivity contribution is -0.862. The number of quaternary nitrogens is 1. The second kappa shape index (κ2) is 9.03. The fourth-order valence-electron chi connectivity index (χ4n) is 1.95. The average molecular weight is 390 g/mol. The number of anilines is 1. The molecule has 1 rings (SSSR count). The van der Waals surface area contributed by atoms with Gasteiger partial charge in [0.2, 0.25) is 0 Å². The molecule has 0 heterocycles. The zero-order valence-electron chi connectivity index (χ0n) is 14.6. The predicted molar refractivity (Wildman–Crippen MR) is 98.1 cm³/mol. The summed E-state index contributed by atoms with van der Waals surface area (Å²) in [7, 11) is 1.66. The third kappa shape index (κ3) is 8.20. The van der Waals surface area contributed by atoms with Gasteiger partial charge < -0.3 is 15.5 Å². The lowest BCUT2D eigenvalue weighted by atomic mass is 10.1. The number of benzene rings is 1. The predicted octanol–water partition coefficient (Wildman–Crippen LogP) is 1.07. The Morgan fingerprint density at radius 1 is 1.04 bits per heavy atom. The van der Waals surface area contributed by atoms with E-state index in [9.17, 15) is 14.4 Å². The highest BCUT2D eigenvalue weighted by Crippen LogP contribution is 2.29. The van der Waals surface area contributed by atoms with E-state index < -0.39 is 17.5 Å². The summed E-state index contributed by atoms with van der Waals surface area (Å²) in [6, 6.07) is 4.32. The minimum Gasteiger partial charge on any atom is -0.333 e. The third-order valence-electron chi connectivity index (χ3n) is 2.89. The number of nitrogens with one attached hydrogen (secondary N) is 4. The van der Waals surface area contributed by atoms with E-state index in [4.69, 9.17) is 23.2 Å². The summed E-state index contributed by atoms with van der Waals surface area (Å²) in [6.45, 7) is 5.38. The van der Waals surface area contributed by atoms with Crippen molar-refractivity contribution in [2.75, 3.05) is 25.5 Å². The molecule has 0 aromatic heterocycles. The van der Waals surface area contributed by atoms with Crippen molar-refractivity contribution >= 4 is 46.7 Å². The van der Waals surface area contributed by atoms with E-state index in [1.165, 1.54) is 0 Å². The first-order valence-electron chi connectivity index (χ1n) is 7.65. The van der Waals surface area contributed by atoms with Crippen molar-refractivity contribution in [3.05, 3.63) is 28.2 Å². The molecule has 0 saturated carbocycles. The first-order chi connectivity index (χ1) is 11.5. The van der Waals surface area contributed by atoms with Crippen LogP contribution in [0.2, 0.25) is 10.0 Å². The van der Waals surface area contributed by atoms with Crippen molar-refractivity contribution in [3.63, 3.8) is 0 Å². The number of carbonyl (C=O) groups is 3. The molecule has 1 aromatic carbocycles. The molecule has 1 unspecified atom stereocenters. The first kappa shape index (κ1) is 21.2. The van der Waals surface area contributed by atoms with Crippen LogP contribution in [-0.4, -0.2) is 43.5 Å². The molecule has 4 amide bonds. The second-order valence-corrected chi connectivity index (χ2v) is 7.52. The minimum atomic E-state index is -0.572. The van der Waals surface area contributed by atoms with Crippen LogP contribution in [0.5, 0.6) is 0 Å². The largest absolute Gasteiger partial charge is 0.333 e. The van der Waals surface area contributed by atoms with Crippen LogP contribution in [0.15, 0.2) is 18.2 Å². The van der Waals surface area contributed by atoms with Gasteiger partial charge >= 0.3 is 6.03 Å². The van der Waals surface area contributed by atoms with Crippen LogP contribution in [0.4, 0.5) is 10.5 Å². The van der Waals surface area contributed by atoms with Crippen molar-refractivity contribution in [1.29, 1.82) is 0 Å². The fraction of sp³-hybridized carbons (Fsp3) is 0.438. The van der Waals surface area contributed by atoms with Crippen LogP contribution in [-0.2, 0) is 9.59 Å². The Hall–Kier alpha value is -1.83. The first-order valence-corrected chi connectivity index (χ1v) is 8.40. The van der Waals surface area contributed by atoms with Gasteiger partial charge in [-0.1, -0.05) is 29.3 Å². The van der Waals surface area contributed by atoms with Gasteiger partial charge in [-0.15, -0.1) is 0 Å². The van der Waals surface area contributed by atoms with Gasteiger partial charge in [0.15, 0.2) is 13.1 Å². The molecule has 9 heteroatoms. The molecule has 0 aliphatic heterocycles. The Morgan fingerprint density at radius 2 is 1.56 bits per heavy atom. The van der Waals surface area contributed by atoms with Crippen molar-refractivity contribution in [3.8, 4) is 0 Å². The van der Waals surface area contributed by atoms with Crippen LogP contribution >= 0.6 is 23.2 Å². The molecule has 0 aliphatic rings. The van der Waals surface area contributed by atoms with Gasteiger partial charge in [0, 0.05) is 5.54 Å². The molecule has 0 saturated heterocycles. The Bertz CT molecular complexity index is 639. The van der Waals surface area contributed by atoms with E-state index in [0.717, 1.165) is 0 Å². The lowest BCUT2D eigenvalue weighted by Gasteiger charge is -2.20. The number of hydrogen-bond donors (Lipinski definition) is 4. The number of halogens is 2. The number of carbonyl (C=O) groups excluding carboxylic acids is 3. The summed E-state index contributed by atoms with van der Waals surface area (Å²) in [6.07, 6.45) is 0. The molecule has 0 aliphatic carbocycles. The number of urea groups is 1. The van der Waals surface area contributed by atoms with Crippen LogP contribution < -0.4 is 20.9 Å². The number of para-hydroxylation sites is 1. The third-order valence-corrected chi connectivity index (χ3v) is 3.52. The monoisotopic (exact) mass is 389 g/mol. The van der Waals surface area contributed by atoms with Crippen LogP contribution in [0.1, 0.15) is 20.8 Å². The maximum absolute atomic E-state index is 12.1. The van der Waals surface area contributed by atoms with Gasteiger partial charge in [-0.2, -0.15) is 0 Å². The maximum Gasteiger partial charge on any atom is 0.322 e. The Labute approximate surface area is 157 Å². The number of rotatable bonds is 5. The van der Waals surface area contributed by atoms with Gasteiger partial charge in [0.1, 0.15) is 0 Å². The summed E-state index contributed by atoms with van der Waals surface area (Å²) in [4.78, 5) is 36.1. The van der Waals surface area contributed by atoms with E-state index >= 15 is 0 Å². The number of amides is 4. The lowest BCUT2D eigenvalue weighted by Crippen LogP contribution is -3.11. The van der Waals surface area contributed by atoms with Gasteiger partial charge in [-0.3, -0.25) is 14.9 Å². The van der Waals surface area contributed by atoms with Gasteiger partial charge in [-0.25, -0.2) is 4.79 Å². The summed E-state index contributed by atoms with van der Waals surface area (Å²) >= 11 is 12.0. The summed E-state index contributed by atoms with van der Waals surface area (Å²) in [5.74, 6) is -0.831. The molecule has 4 N–H and O–H groups in total. The van der Waals surface area contributed by atoms with E-state index in [0.29, 0.717) is 20.6 Å². The number of likely N-dealkylation sites (N-methyl/N-ethyl adjacent to an activating group) is 1. The smallest absolute Gasteiger partial charge is 0.322 e. The molecule has 1 atom stereocenters. The molecule has 0 fully saturated rings. The quantitative estimate of drug-likeness (QED) is 0.606. The number of hydrogen-bond acceptors (Lipinski definition) is 3. The second-order valence-electron chi connectivity index (χ2n) is 6.71. The van der Waals surface area contributed by atoms with Crippen molar-refractivity contribution in [1.82, 2.24) is 10.6 Å². The number of imide groups is 1. The molecule has 25 heavy (non-hydrogen) atoms. The summed E-state index contributed by atoms with van der Waals surface area (Å²) in [5, 5.41) is 8.12. The highest BCUT2D eigenvalue weighted by atomic mass is 35.5. The van der Waals surface area contributed by atoms with Gasteiger partial charge in [0.25, 0.3) is 11.8 Å². The molecule has 1 aromatic rings. The topological polar surface area (TPSA) is 91.7 Å². The zero-order chi connectivity index (χ0) is 19.2. The normalized spacial score (nSPS) is 12.2. The average Bonchev–Trinajstić information content (AvgIpc) is 2.40. The SMILES string of the molecule is C[NH+](CC(=O)NC(=O)NC(C)(C)C)CC(=O)Nc1c(Cl)cccc1Cl. The van der Waals surface area contributed by atoms with Crippen LogP contribution in [0.25, 0.3) is 0 Å². The molecule has 138 valence electrons. The molecule has 7 nitrogen and oxygen atoms in total. The summed E-state index contributed by atoms with van der Waals surface area (Å²) < 4.78 is 0. The Kier molecular flexibility index (Phi) is 7.66. The van der Waals surface area contributed by atoms with E-state index in [1.54, 1.807) is 46.0 Å². The van der Waals surface area contributed by atoms with Crippen molar-refractivity contribution in [2.24, 2.45) is 0 Å². The minimum absolute atomic E-state index is 0.00978. The summed E-state index contributed by atoms with van der Waals surface area (Å²) in [5.41, 5.74) is -0.116. The fourth-order valence-corrected chi connectivity index (χ4v) is 2.45. The van der Waals surface area contributed by atoms with Crippen molar-refractivity contribution in [2.45, 2.75) is 26.3 Å². The van der Waals surface area contributed by atoms with Gasteiger partial charge in [0.05, 0.1) is 22.8 Å². The van der Waals surface area contributed by atoms with Crippen LogP contribution in [0.3, 0.4) is 0 Å². The highest BCUT2D eigenvalue weighted by molar-refractivity contribution is 6.39. The Balaban J connectivity index is 2.48. The molecule has 0 spiro atoms. The molecule has 0 radical (unpaired) electrons. The van der Waals surface area contributed by atoms with E-state index in [-0.39, 0.29) is 19.0 Å². The zero-order valence-corrected chi connectivity index (χ0v) is 16.1. The maximum atomic E-state index is 12.1. The molecule has 0 bridgehead atoms. The molecular formula is C16H23Cl2N4O3+. The standard InChI is InChI=1S/C16H22Cl2N4O3/c1-16(2,3)21-15(25)20-13(24)9-22(4)8-12(23)19-14-10(17)6-5-7-11(14)18/h5-7H,8-9H2,1-4H3,(H,19,23)(H2,20,21,24,25)/p+1. The van der Waals surface area contributed by atoms with E-state index in [1.807, 2.05) is 0 Å². The van der Waals surface area contributed by atoms with Crippen molar-refractivity contribution < 1.29 is 19.3 Å². The van der Waals surface area contributed by atoms with Crippen LogP contribution in [0, 0.1) is 0 Å². The van der Waals surface area contributed by atoms with Gasteiger partial charge in [-0.05, 0) is 32.9 Å². The Morgan fingerprint density at radius 3 is 2.08 bits per heavy atom.